The fourth-order valence-corrected chi connectivity index (χ4v) is 2.25. The molecule has 0 aliphatic heterocycles. The van der Waals surface area contributed by atoms with Crippen LogP contribution in [0, 0.1) is 0 Å². The Morgan fingerprint density at radius 2 is 1.56 bits per heavy atom. The molecule has 94 valence electrons. The SMILES string of the molecule is CCc1ccc(CCc2cccc(OI)c2)cc1. The summed E-state index contributed by atoms with van der Waals surface area (Å²) in [6, 6.07) is 17.2. The molecule has 0 saturated carbocycles. The lowest BCUT2D eigenvalue weighted by Gasteiger charge is -2.05. The van der Waals surface area contributed by atoms with Crippen LogP contribution in [0.4, 0.5) is 0 Å². The maximum atomic E-state index is 5.21. The second kappa shape index (κ2) is 6.78. The van der Waals surface area contributed by atoms with Gasteiger partial charge in [-0.05, 0) is 48.1 Å². The molecule has 2 rings (SSSR count). The summed E-state index contributed by atoms with van der Waals surface area (Å²) in [4.78, 5) is 0. The monoisotopic (exact) mass is 352 g/mol. The summed E-state index contributed by atoms with van der Waals surface area (Å²) >= 11 is 1.92. The van der Waals surface area contributed by atoms with Gasteiger partial charge in [-0.15, -0.1) is 0 Å². The zero-order valence-electron chi connectivity index (χ0n) is 10.5. The van der Waals surface area contributed by atoms with Gasteiger partial charge in [0.15, 0.2) is 23.0 Å². The number of rotatable bonds is 5. The molecule has 2 heteroatoms. The minimum Gasteiger partial charge on any atom is -0.428 e. The van der Waals surface area contributed by atoms with Crippen molar-refractivity contribution in [3.05, 3.63) is 65.2 Å². The maximum Gasteiger partial charge on any atom is 0.192 e. The Hall–Kier alpha value is -1.03. The molecule has 0 heterocycles. The molecule has 0 saturated heterocycles. The normalized spacial score (nSPS) is 10.3. The molecule has 0 unspecified atom stereocenters. The van der Waals surface area contributed by atoms with Crippen molar-refractivity contribution in [1.29, 1.82) is 0 Å². The first-order valence-corrected chi connectivity index (χ1v) is 7.15. The Kier molecular flexibility index (Phi) is 5.05. The van der Waals surface area contributed by atoms with E-state index in [2.05, 4.69) is 43.3 Å². The summed E-state index contributed by atoms with van der Waals surface area (Å²) in [7, 11) is 0. The molecule has 0 spiro atoms. The Bertz CT molecular complexity index is 491. The molecule has 0 fully saturated rings. The lowest BCUT2D eigenvalue weighted by molar-refractivity contribution is 0.714. The summed E-state index contributed by atoms with van der Waals surface area (Å²) in [5, 5.41) is 0. The van der Waals surface area contributed by atoms with Gasteiger partial charge in [0.25, 0.3) is 0 Å². The van der Waals surface area contributed by atoms with Crippen molar-refractivity contribution >= 4 is 23.0 Å². The van der Waals surface area contributed by atoms with Crippen LogP contribution in [-0.4, -0.2) is 0 Å². The first kappa shape index (κ1) is 13.4. The van der Waals surface area contributed by atoms with E-state index in [4.69, 9.17) is 3.07 Å². The van der Waals surface area contributed by atoms with Crippen molar-refractivity contribution in [2.45, 2.75) is 26.2 Å². The average Bonchev–Trinajstić information content (AvgIpc) is 2.46. The van der Waals surface area contributed by atoms with E-state index in [1.807, 2.05) is 35.1 Å². The molecule has 0 atom stereocenters. The second-order valence-corrected chi connectivity index (χ2v) is 4.84. The molecular weight excluding hydrogens is 335 g/mol. The van der Waals surface area contributed by atoms with Crippen LogP contribution >= 0.6 is 23.0 Å². The lowest BCUT2D eigenvalue weighted by Crippen LogP contribution is -1.92. The van der Waals surface area contributed by atoms with Crippen molar-refractivity contribution in [3.63, 3.8) is 0 Å². The minimum atomic E-state index is 0.925. The molecule has 2 aromatic carbocycles. The van der Waals surface area contributed by atoms with Crippen molar-refractivity contribution in [3.8, 4) is 5.75 Å². The lowest BCUT2D eigenvalue weighted by atomic mass is 10.0. The number of hydrogen-bond donors (Lipinski definition) is 0. The van der Waals surface area contributed by atoms with Crippen LogP contribution in [0.5, 0.6) is 5.75 Å². The Morgan fingerprint density at radius 3 is 2.22 bits per heavy atom. The summed E-state index contributed by atoms with van der Waals surface area (Å²) in [5.41, 5.74) is 4.12. The van der Waals surface area contributed by atoms with E-state index in [9.17, 15) is 0 Å². The third kappa shape index (κ3) is 3.73. The van der Waals surface area contributed by atoms with Crippen LogP contribution in [-0.2, 0) is 19.3 Å². The molecule has 0 amide bonds. The van der Waals surface area contributed by atoms with Crippen LogP contribution in [0.15, 0.2) is 48.5 Å². The number of aryl methyl sites for hydroxylation is 3. The first-order chi connectivity index (χ1) is 8.81. The van der Waals surface area contributed by atoms with Crippen molar-refractivity contribution in [1.82, 2.24) is 0 Å². The van der Waals surface area contributed by atoms with Gasteiger partial charge in [-0.2, -0.15) is 0 Å². The third-order valence-corrected chi connectivity index (χ3v) is 3.63. The largest absolute Gasteiger partial charge is 0.428 e. The third-order valence-electron chi connectivity index (χ3n) is 3.12. The van der Waals surface area contributed by atoms with Crippen LogP contribution in [0.3, 0.4) is 0 Å². The van der Waals surface area contributed by atoms with Crippen molar-refractivity contribution in [2.75, 3.05) is 0 Å². The van der Waals surface area contributed by atoms with Crippen molar-refractivity contribution in [2.24, 2.45) is 0 Å². The highest BCUT2D eigenvalue weighted by Gasteiger charge is 1.98. The number of benzene rings is 2. The maximum absolute atomic E-state index is 5.21. The van der Waals surface area contributed by atoms with E-state index in [0.717, 1.165) is 25.0 Å². The van der Waals surface area contributed by atoms with Gasteiger partial charge in [0.05, 0.1) is 0 Å². The van der Waals surface area contributed by atoms with Gasteiger partial charge in [-0.1, -0.05) is 43.3 Å². The van der Waals surface area contributed by atoms with Gasteiger partial charge < -0.3 is 3.07 Å². The van der Waals surface area contributed by atoms with E-state index in [1.165, 1.54) is 16.7 Å². The smallest absolute Gasteiger partial charge is 0.192 e. The summed E-state index contributed by atoms with van der Waals surface area (Å²) in [6.07, 6.45) is 3.24. The van der Waals surface area contributed by atoms with E-state index >= 15 is 0 Å². The van der Waals surface area contributed by atoms with Crippen LogP contribution in [0.25, 0.3) is 0 Å². The van der Waals surface area contributed by atoms with E-state index < -0.39 is 0 Å². The molecule has 0 aliphatic rings. The first-order valence-electron chi connectivity index (χ1n) is 6.27. The molecular formula is C16H17IO. The Morgan fingerprint density at radius 1 is 0.889 bits per heavy atom. The minimum absolute atomic E-state index is 0.925. The van der Waals surface area contributed by atoms with Crippen LogP contribution in [0.1, 0.15) is 23.6 Å². The quantitative estimate of drug-likeness (QED) is 0.705. The van der Waals surface area contributed by atoms with Crippen LogP contribution < -0.4 is 3.07 Å². The zero-order chi connectivity index (χ0) is 12.8. The molecule has 2 aromatic rings. The van der Waals surface area contributed by atoms with Gasteiger partial charge >= 0.3 is 0 Å². The molecule has 0 aliphatic carbocycles. The summed E-state index contributed by atoms with van der Waals surface area (Å²) in [5.74, 6) is 0.925. The van der Waals surface area contributed by atoms with Gasteiger partial charge in [-0.3, -0.25) is 0 Å². The highest BCUT2D eigenvalue weighted by Crippen LogP contribution is 2.17. The average molecular weight is 352 g/mol. The fourth-order valence-electron chi connectivity index (χ4n) is 1.98. The molecule has 0 bridgehead atoms. The Labute approximate surface area is 123 Å². The summed E-state index contributed by atoms with van der Waals surface area (Å²) < 4.78 is 5.21. The predicted octanol–water partition coefficient (Wildman–Crippen LogP) is 4.76. The number of halogens is 1. The van der Waals surface area contributed by atoms with Gasteiger partial charge in [-0.25, -0.2) is 0 Å². The van der Waals surface area contributed by atoms with Gasteiger partial charge in [0.1, 0.15) is 5.75 Å². The van der Waals surface area contributed by atoms with Gasteiger partial charge in [0.2, 0.25) is 0 Å². The fraction of sp³-hybridized carbons (Fsp3) is 0.250. The second-order valence-electron chi connectivity index (χ2n) is 4.39. The predicted molar refractivity (Wildman–Crippen MR) is 84.3 cm³/mol. The van der Waals surface area contributed by atoms with Crippen molar-refractivity contribution < 1.29 is 3.07 Å². The van der Waals surface area contributed by atoms with Gasteiger partial charge in [0, 0.05) is 0 Å². The highest BCUT2D eigenvalue weighted by atomic mass is 127. The molecule has 0 radical (unpaired) electrons. The molecule has 0 N–H and O–H groups in total. The highest BCUT2D eigenvalue weighted by molar-refractivity contribution is 14.1. The van der Waals surface area contributed by atoms with Crippen LogP contribution in [0.2, 0.25) is 0 Å². The Balaban J connectivity index is 1.97. The standard InChI is InChI=1S/C16H17IO/c1-2-13-6-8-14(9-7-13)10-11-15-4-3-5-16(12-15)18-17/h3-9,12H,2,10-11H2,1H3. The molecule has 0 aromatic heterocycles. The van der Waals surface area contributed by atoms with E-state index in [1.54, 1.807) is 0 Å². The van der Waals surface area contributed by atoms with E-state index in [-0.39, 0.29) is 0 Å². The molecule has 1 nitrogen and oxygen atoms in total. The van der Waals surface area contributed by atoms with E-state index in [0.29, 0.717) is 0 Å². The molecule has 18 heavy (non-hydrogen) atoms. The zero-order valence-corrected chi connectivity index (χ0v) is 12.7. The summed E-state index contributed by atoms with van der Waals surface area (Å²) in [6.45, 7) is 2.19. The number of hydrogen-bond acceptors (Lipinski definition) is 1. The topological polar surface area (TPSA) is 9.23 Å².